The molecule has 0 N–H and O–H groups in total. The van der Waals surface area contributed by atoms with Gasteiger partial charge in [0.2, 0.25) is 5.91 Å². The van der Waals surface area contributed by atoms with Gasteiger partial charge in [-0.05, 0) is 45.4 Å². The third-order valence-electron chi connectivity index (χ3n) is 4.55. The van der Waals surface area contributed by atoms with Gasteiger partial charge in [-0.25, -0.2) is 9.67 Å². The molecule has 2 heterocycles. The van der Waals surface area contributed by atoms with E-state index >= 15 is 0 Å². The van der Waals surface area contributed by atoms with Crippen molar-refractivity contribution in [3.05, 3.63) is 23.8 Å². The van der Waals surface area contributed by atoms with Gasteiger partial charge in [-0.2, -0.15) is 5.10 Å². The van der Waals surface area contributed by atoms with Crippen molar-refractivity contribution >= 4 is 5.91 Å². The van der Waals surface area contributed by atoms with E-state index in [0.717, 1.165) is 50.4 Å². The van der Waals surface area contributed by atoms with Crippen LogP contribution in [0.1, 0.15) is 49.8 Å². The van der Waals surface area contributed by atoms with Crippen molar-refractivity contribution in [1.82, 2.24) is 19.7 Å². The maximum atomic E-state index is 12.5. The van der Waals surface area contributed by atoms with Crippen molar-refractivity contribution in [3.8, 4) is 0 Å². The predicted octanol–water partition coefficient (Wildman–Crippen LogP) is 2.41. The number of hydrogen-bond donors (Lipinski definition) is 0. The number of rotatable bonds is 3. The number of allylic oxidation sites excluding steroid dienone is 2. The van der Waals surface area contributed by atoms with Crippen LogP contribution in [0.4, 0.5) is 0 Å². The number of likely N-dealkylation sites (tertiary alicyclic amines) is 1. The highest BCUT2D eigenvalue weighted by Crippen LogP contribution is 2.25. The number of nitrogens with zero attached hydrogens (tertiary/aromatic N) is 4. The molecule has 5 nitrogen and oxygen atoms in total. The molecule has 1 amide bonds. The summed E-state index contributed by atoms with van der Waals surface area (Å²) in [5.74, 6) is 2.51. The first kappa shape index (κ1) is 14.3. The summed E-state index contributed by atoms with van der Waals surface area (Å²) in [5, 5.41) is 4.49. The second kappa shape index (κ2) is 6.00. The predicted molar refractivity (Wildman–Crippen MR) is 80.8 cm³/mol. The molecular weight excluding hydrogens is 264 g/mol. The Hall–Kier alpha value is -1.65. The van der Waals surface area contributed by atoms with Crippen LogP contribution < -0.4 is 0 Å². The van der Waals surface area contributed by atoms with Crippen LogP contribution in [-0.2, 0) is 4.79 Å². The van der Waals surface area contributed by atoms with Gasteiger partial charge in [0.15, 0.2) is 0 Å². The van der Waals surface area contributed by atoms with Gasteiger partial charge in [-0.15, -0.1) is 0 Å². The van der Waals surface area contributed by atoms with Crippen LogP contribution in [-0.4, -0.2) is 38.7 Å². The van der Waals surface area contributed by atoms with E-state index in [2.05, 4.69) is 22.2 Å². The summed E-state index contributed by atoms with van der Waals surface area (Å²) < 4.78 is 2.00. The highest BCUT2D eigenvalue weighted by Gasteiger charge is 2.27. The Bertz CT molecular complexity index is 548. The molecule has 1 aromatic heterocycles. The average Bonchev–Trinajstić information content (AvgIpc) is 3.08. The third-order valence-corrected chi connectivity index (χ3v) is 4.55. The topological polar surface area (TPSA) is 51.0 Å². The minimum absolute atomic E-state index is 0.281. The molecule has 0 spiro atoms. The Morgan fingerprint density at radius 1 is 1.38 bits per heavy atom. The minimum Gasteiger partial charge on any atom is -0.341 e. The smallest absolute Gasteiger partial charge is 0.223 e. The SMILES string of the molecule is Cc1nc(C)n([C@@H]2CCCN(C(=O)C[C@H]3C=CCC3)C2)n1. The Balaban J connectivity index is 1.63. The minimum atomic E-state index is 0.281. The Labute approximate surface area is 126 Å². The molecular formula is C16H24N4O. The molecule has 0 bridgehead atoms. The van der Waals surface area contributed by atoms with Gasteiger partial charge in [-0.3, -0.25) is 4.79 Å². The van der Waals surface area contributed by atoms with Gasteiger partial charge in [0.1, 0.15) is 11.6 Å². The zero-order valence-corrected chi connectivity index (χ0v) is 13.0. The second-order valence-corrected chi connectivity index (χ2v) is 6.26. The number of carbonyl (C=O) groups excluding carboxylic acids is 1. The van der Waals surface area contributed by atoms with E-state index < -0.39 is 0 Å². The Kier molecular flexibility index (Phi) is 4.08. The molecule has 1 aliphatic carbocycles. The van der Waals surface area contributed by atoms with Crippen LogP contribution in [0.5, 0.6) is 0 Å². The number of amides is 1. The van der Waals surface area contributed by atoms with Crippen molar-refractivity contribution < 1.29 is 4.79 Å². The molecule has 114 valence electrons. The summed E-state index contributed by atoms with van der Waals surface area (Å²) in [6.07, 6.45) is 9.44. The van der Waals surface area contributed by atoms with Gasteiger partial charge in [0.05, 0.1) is 6.04 Å². The summed E-state index contributed by atoms with van der Waals surface area (Å²) in [6.45, 7) is 5.57. The van der Waals surface area contributed by atoms with Crippen molar-refractivity contribution in [2.75, 3.05) is 13.1 Å². The molecule has 1 aromatic rings. The van der Waals surface area contributed by atoms with Crippen molar-refractivity contribution in [3.63, 3.8) is 0 Å². The van der Waals surface area contributed by atoms with Crippen LogP contribution >= 0.6 is 0 Å². The summed E-state index contributed by atoms with van der Waals surface area (Å²) in [6, 6.07) is 0.281. The molecule has 0 unspecified atom stereocenters. The molecule has 5 heteroatoms. The molecule has 21 heavy (non-hydrogen) atoms. The summed E-state index contributed by atoms with van der Waals surface area (Å²) in [4.78, 5) is 18.9. The van der Waals surface area contributed by atoms with E-state index in [9.17, 15) is 4.79 Å². The molecule has 3 rings (SSSR count). The standard InChI is InChI=1S/C16H24N4O/c1-12-17-13(2)20(18-12)15-8-5-9-19(11-15)16(21)10-14-6-3-4-7-14/h3,6,14-15H,4-5,7-11H2,1-2H3/t14-,15+/m0/s1. The fourth-order valence-corrected chi connectivity index (χ4v) is 3.48. The fourth-order valence-electron chi connectivity index (χ4n) is 3.48. The highest BCUT2D eigenvalue weighted by molar-refractivity contribution is 5.76. The number of hydrogen-bond acceptors (Lipinski definition) is 3. The lowest BCUT2D eigenvalue weighted by atomic mass is 10.0. The number of carbonyl (C=O) groups is 1. The van der Waals surface area contributed by atoms with Crippen molar-refractivity contribution in [1.29, 1.82) is 0 Å². The lowest BCUT2D eigenvalue weighted by molar-refractivity contribution is -0.133. The zero-order chi connectivity index (χ0) is 14.8. The second-order valence-electron chi connectivity index (χ2n) is 6.26. The summed E-state index contributed by atoms with van der Waals surface area (Å²) >= 11 is 0. The average molecular weight is 288 g/mol. The molecule has 1 saturated heterocycles. The number of aryl methyl sites for hydroxylation is 2. The van der Waals surface area contributed by atoms with Gasteiger partial charge in [0, 0.05) is 19.5 Å². The molecule has 1 fully saturated rings. The number of aromatic nitrogens is 3. The van der Waals surface area contributed by atoms with E-state index in [0.29, 0.717) is 18.2 Å². The van der Waals surface area contributed by atoms with Crippen LogP contribution in [0.2, 0.25) is 0 Å². The lowest BCUT2D eigenvalue weighted by Crippen LogP contribution is -2.41. The van der Waals surface area contributed by atoms with Crippen LogP contribution in [0, 0.1) is 19.8 Å². The Morgan fingerprint density at radius 2 is 2.24 bits per heavy atom. The van der Waals surface area contributed by atoms with E-state index in [-0.39, 0.29) is 6.04 Å². The maximum absolute atomic E-state index is 12.5. The quantitative estimate of drug-likeness (QED) is 0.803. The molecule has 0 saturated carbocycles. The van der Waals surface area contributed by atoms with Crippen molar-refractivity contribution in [2.24, 2.45) is 5.92 Å². The number of piperidine rings is 1. The van der Waals surface area contributed by atoms with E-state index in [1.165, 1.54) is 0 Å². The normalized spacial score (nSPS) is 25.5. The van der Waals surface area contributed by atoms with Crippen LogP contribution in [0.3, 0.4) is 0 Å². The summed E-state index contributed by atoms with van der Waals surface area (Å²) in [7, 11) is 0. The van der Waals surface area contributed by atoms with E-state index in [1.54, 1.807) is 0 Å². The first-order valence-corrected chi connectivity index (χ1v) is 7.97. The first-order valence-electron chi connectivity index (χ1n) is 7.97. The third kappa shape index (κ3) is 3.17. The van der Waals surface area contributed by atoms with E-state index in [1.807, 2.05) is 23.4 Å². The molecule has 2 aliphatic rings. The van der Waals surface area contributed by atoms with Gasteiger partial charge < -0.3 is 4.90 Å². The monoisotopic (exact) mass is 288 g/mol. The van der Waals surface area contributed by atoms with E-state index in [4.69, 9.17) is 0 Å². The first-order chi connectivity index (χ1) is 10.1. The van der Waals surface area contributed by atoms with Gasteiger partial charge in [-0.1, -0.05) is 12.2 Å². The van der Waals surface area contributed by atoms with Crippen LogP contribution in [0.15, 0.2) is 12.2 Å². The molecule has 1 aliphatic heterocycles. The molecule has 0 aromatic carbocycles. The van der Waals surface area contributed by atoms with Gasteiger partial charge >= 0.3 is 0 Å². The van der Waals surface area contributed by atoms with Crippen molar-refractivity contribution in [2.45, 2.75) is 52.0 Å². The molecule has 2 atom stereocenters. The highest BCUT2D eigenvalue weighted by atomic mass is 16.2. The Morgan fingerprint density at radius 3 is 2.90 bits per heavy atom. The summed E-state index contributed by atoms with van der Waals surface area (Å²) in [5.41, 5.74) is 0. The molecule has 0 radical (unpaired) electrons. The lowest BCUT2D eigenvalue weighted by Gasteiger charge is -2.33. The maximum Gasteiger partial charge on any atom is 0.223 e. The largest absolute Gasteiger partial charge is 0.341 e. The zero-order valence-electron chi connectivity index (χ0n) is 13.0. The van der Waals surface area contributed by atoms with Crippen LogP contribution in [0.25, 0.3) is 0 Å². The fraction of sp³-hybridized carbons (Fsp3) is 0.688. The van der Waals surface area contributed by atoms with Gasteiger partial charge in [0.25, 0.3) is 0 Å².